The number of nitrogens with zero attached hydrogens (tertiary/aromatic N) is 2. The molecule has 3 rings (SSSR count). The highest BCUT2D eigenvalue weighted by molar-refractivity contribution is 7.18. The smallest absolute Gasteiger partial charge is 0.259 e. The first kappa shape index (κ1) is 22.7. The second kappa shape index (κ2) is 10.3. The molecule has 0 amide bonds. The molecule has 0 fully saturated rings. The van der Waals surface area contributed by atoms with Gasteiger partial charge in [-0.2, -0.15) is 0 Å². The summed E-state index contributed by atoms with van der Waals surface area (Å²) in [7, 11) is 0. The van der Waals surface area contributed by atoms with Crippen molar-refractivity contribution in [3.63, 3.8) is 0 Å². The van der Waals surface area contributed by atoms with E-state index in [0.717, 1.165) is 15.5 Å². The molecule has 7 nitrogen and oxygen atoms in total. The first-order valence-corrected chi connectivity index (χ1v) is 11.2. The molecule has 1 atom stereocenters. The normalized spacial score (nSPS) is 13.2. The lowest BCUT2D eigenvalue weighted by Crippen LogP contribution is -2.35. The highest BCUT2D eigenvalue weighted by Gasteiger charge is 2.17. The van der Waals surface area contributed by atoms with Gasteiger partial charge in [0.05, 0.1) is 37.4 Å². The van der Waals surface area contributed by atoms with Crippen LogP contribution in [0.15, 0.2) is 33.7 Å². The van der Waals surface area contributed by atoms with Gasteiger partial charge < -0.3 is 19.2 Å². The maximum Gasteiger partial charge on any atom is 0.259 e. The lowest BCUT2D eigenvalue weighted by atomic mass is 10.2. The van der Waals surface area contributed by atoms with Crippen molar-refractivity contribution in [1.29, 1.82) is 0 Å². The minimum Gasteiger partial charge on any atom is -0.468 e. The van der Waals surface area contributed by atoms with E-state index in [1.165, 1.54) is 0 Å². The van der Waals surface area contributed by atoms with Crippen molar-refractivity contribution in [3.05, 3.63) is 51.3 Å². The molecule has 3 aromatic rings. The molecule has 0 saturated heterocycles. The zero-order valence-electron chi connectivity index (χ0n) is 18.1. The van der Waals surface area contributed by atoms with Crippen LogP contribution in [0.2, 0.25) is 0 Å². The maximum atomic E-state index is 12.6. The molecular weight excluding hydrogens is 402 g/mol. The van der Waals surface area contributed by atoms with Gasteiger partial charge in [0.25, 0.3) is 5.56 Å². The van der Waals surface area contributed by atoms with Crippen LogP contribution in [-0.2, 0) is 17.8 Å². The quantitative estimate of drug-likeness (QED) is 0.479. The van der Waals surface area contributed by atoms with Gasteiger partial charge in [-0.25, -0.2) is 4.98 Å². The number of H-pyrrole nitrogens is 1. The summed E-state index contributed by atoms with van der Waals surface area (Å²) < 4.78 is 11.0. The summed E-state index contributed by atoms with van der Waals surface area (Å²) in [5, 5.41) is 11.1. The topological polar surface area (TPSA) is 91.6 Å². The summed E-state index contributed by atoms with van der Waals surface area (Å²) in [6, 6.07) is 5.65. The fraction of sp³-hybridized carbons (Fsp3) is 0.545. The average Bonchev–Trinajstić information content (AvgIpc) is 3.31. The van der Waals surface area contributed by atoms with Crippen LogP contribution in [-0.4, -0.2) is 45.8 Å². The van der Waals surface area contributed by atoms with E-state index in [4.69, 9.17) is 9.15 Å². The van der Waals surface area contributed by atoms with Crippen molar-refractivity contribution < 1.29 is 14.3 Å². The van der Waals surface area contributed by atoms with Gasteiger partial charge in [0.1, 0.15) is 16.4 Å². The summed E-state index contributed by atoms with van der Waals surface area (Å²) in [6.07, 6.45) is 0.976. The van der Waals surface area contributed by atoms with Crippen LogP contribution in [0.25, 0.3) is 10.2 Å². The third kappa shape index (κ3) is 6.25. The van der Waals surface area contributed by atoms with E-state index in [1.807, 2.05) is 23.1 Å². The summed E-state index contributed by atoms with van der Waals surface area (Å²) in [5.74, 6) is 2.13. The molecule has 0 saturated carbocycles. The molecule has 0 aliphatic rings. The molecular formula is C22H31N3O4S. The van der Waals surface area contributed by atoms with Crippen molar-refractivity contribution in [2.24, 2.45) is 5.92 Å². The van der Waals surface area contributed by atoms with Crippen LogP contribution in [0.4, 0.5) is 0 Å². The lowest BCUT2D eigenvalue weighted by Gasteiger charge is -2.24. The number of aromatic nitrogens is 2. The predicted octanol–water partition coefficient (Wildman–Crippen LogP) is 3.74. The van der Waals surface area contributed by atoms with Gasteiger partial charge in [-0.05, 0) is 30.0 Å². The molecule has 0 unspecified atom stereocenters. The van der Waals surface area contributed by atoms with Gasteiger partial charge in [0, 0.05) is 18.0 Å². The van der Waals surface area contributed by atoms with E-state index in [1.54, 1.807) is 17.6 Å². The highest BCUT2D eigenvalue weighted by atomic mass is 32.1. The molecule has 0 aliphatic heterocycles. The highest BCUT2D eigenvalue weighted by Crippen LogP contribution is 2.27. The molecule has 0 bridgehead atoms. The van der Waals surface area contributed by atoms with Crippen molar-refractivity contribution >= 4 is 21.6 Å². The Morgan fingerprint density at radius 2 is 2.07 bits per heavy atom. The van der Waals surface area contributed by atoms with Gasteiger partial charge in [0.2, 0.25) is 0 Å². The van der Waals surface area contributed by atoms with Crippen LogP contribution >= 0.6 is 11.3 Å². The molecule has 0 spiro atoms. The fourth-order valence-electron chi connectivity index (χ4n) is 3.16. The van der Waals surface area contributed by atoms with E-state index < -0.39 is 6.10 Å². The standard InChI is InChI=1S/C22H31N3O4S/c1-14(2)12-28-13-16(26)9-25(10-17-6-5-7-29-17)11-20-23-21(27)18-8-19(15(3)4)30-22(18)24-20/h5-8,14-16,26H,9-13H2,1-4H3,(H,23,24,27)/t16-/m0/s1. The maximum absolute atomic E-state index is 12.6. The molecule has 3 aromatic heterocycles. The minimum atomic E-state index is -0.650. The summed E-state index contributed by atoms with van der Waals surface area (Å²) >= 11 is 1.56. The van der Waals surface area contributed by atoms with Gasteiger partial charge in [-0.3, -0.25) is 9.69 Å². The van der Waals surface area contributed by atoms with Crippen LogP contribution < -0.4 is 5.56 Å². The number of nitrogens with one attached hydrogen (secondary N) is 1. The van der Waals surface area contributed by atoms with Crippen LogP contribution in [0.3, 0.4) is 0 Å². The van der Waals surface area contributed by atoms with Gasteiger partial charge in [-0.1, -0.05) is 27.7 Å². The number of ether oxygens (including phenoxy) is 1. The van der Waals surface area contributed by atoms with Crippen molar-refractivity contribution in [1.82, 2.24) is 14.9 Å². The Bertz CT molecular complexity index is 978. The largest absolute Gasteiger partial charge is 0.468 e. The van der Waals surface area contributed by atoms with E-state index in [9.17, 15) is 9.90 Å². The zero-order chi connectivity index (χ0) is 21.7. The number of hydrogen-bond donors (Lipinski definition) is 2. The van der Waals surface area contributed by atoms with E-state index in [0.29, 0.717) is 49.3 Å². The average molecular weight is 434 g/mol. The van der Waals surface area contributed by atoms with E-state index in [2.05, 4.69) is 37.7 Å². The minimum absolute atomic E-state index is 0.128. The summed E-state index contributed by atoms with van der Waals surface area (Å²) in [5.41, 5.74) is -0.128. The molecule has 8 heteroatoms. The third-order valence-electron chi connectivity index (χ3n) is 4.60. The van der Waals surface area contributed by atoms with Crippen molar-refractivity contribution in [3.8, 4) is 0 Å². The molecule has 0 aliphatic carbocycles. The molecule has 2 N–H and O–H groups in total. The monoisotopic (exact) mass is 433 g/mol. The Morgan fingerprint density at radius 1 is 1.27 bits per heavy atom. The van der Waals surface area contributed by atoms with Crippen LogP contribution in [0.1, 0.15) is 50.1 Å². The number of furan rings is 1. The number of aliphatic hydroxyl groups excluding tert-OH is 1. The van der Waals surface area contributed by atoms with Gasteiger partial charge in [0.15, 0.2) is 0 Å². The van der Waals surface area contributed by atoms with Gasteiger partial charge in [-0.15, -0.1) is 11.3 Å². The van der Waals surface area contributed by atoms with Crippen molar-refractivity contribution in [2.75, 3.05) is 19.8 Å². The van der Waals surface area contributed by atoms with Gasteiger partial charge >= 0.3 is 0 Å². The first-order valence-electron chi connectivity index (χ1n) is 10.3. The summed E-state index contributed by atoms with van der Waals surface area (Å²) in [6.45, 7) is 10.5. The Hall–Kier alpha value is -2.00. The Morgan fingerprint density at radius 3 is 2.73 bits per heavy atom. The number of thiophene rings is 1. The van der Waals surface area contributed by atoms with Crippen molar-refractivity contribution in [2.45, 2.75) is 52.8 Å². The molecule has 0 radical (unpaired) electrons. The number of rotatable bonds is 11. The molecule has 164 valence electrons. The lowest BCUT2D eigenvalue weighted by molar-refractivity contribution is 0.00421. The third-order valence-corrected chi connectivity index (χ3v) is 5.93. The molecule has 0 aromatic carbocycles. The number of hydrogen-bond acceptors (Lipinski definition) is 7. The molecule has 30 heavy (non-hydrogen) atoms. The number of fused-ring (bicyclic) bond motifs is 1. The van der Waals surface area contributed by atoms with E-state index >= 15 is 0 Å². The number of aromatic amines is 1. The summed E-state index contributed by atoms with van der Waals surface area (Å²) in [4.78, 5) is 24.0. The Balaban J connectivity index is 1.75. The fourth-order valence-corrected chi connectivity index (χ4v) is 4.22. The Labute approximate surface area is 180 Å². The second-order valence-electron chi connectivity index (χ2n) is 8.37. The zero-order valence-corrected chi connectivity index (χ0v) is 18.9. The van der Waals surface area contributed by atoms with E-state index in [-0.39, 0.29) is 12.2 Å². The second-order valence-corrected chi connectivity index (χ2v) is 9.43. The Kier molecular flexibility index (Phi) is 7.82. The molecule has 3 heterocycles. The number of aliphatic hydroxyl groups is 1. The predicted molar refractivity (Wildman–Crippen MR) is 119 cm³/mol. The van der Waals surface area contributed by atoms with Crippen LogP contribution in [0.5, 0.6) is 0 Å². The SMILES string of the molecule is CC(C)COC[C@@H](O)CN(Cc1nc2sc(C(C)C)cc2c(=O)[nH]1)Cc1ccco1. The first-order chi connectivity index (χ1) is 14.3. The van der Waals surface area contributed by atoms with Crippen LogP contribution in [0, 0.1) is 5.92 Å².